The van der Waals surface area contributed by atoms with E-state index in [1.165, 1.54) is 12.1 Å². The Kier molecular flexibility index (Phi) is 5.53. The zero-order valence-corrected chi connectivity index (χ0v) is 15.2. The number of nitrogens with one attached hydrogen (secondary N) is 1. The van der Waals surface area contributed by atoms with Crippen LogP contribution in [0.5, 0.6) is 0 Å². The van der Waals surface area contributed by atoms with Crippen LogP contribution in [-0.2, 0) is 16.4 Å². The number of rotatable bonds is 6. The lowest BCUT2D eigenvalue weighted by atomic mass is 10.1. The highest BCUT2D eigenvalue weighted by Crippen LogP contribution is 2.21. The van der Waals surface area contributed by atoms with Gasteiger partial charge in [-0.15, -0.1) is 0 Å². The predicted octanol–water partition coefficient (Wildman–Crippen LogP) is 1.30. The molecule has 1 amide bonds. The lowest BCUT2D eigenvalue weighted by Gasteiger charge is -2.19. The molecule has 2 heterocycles. The fourth-order valence-corrected chi connectivity index (χ4v) is 3.53. The number of nitrogens with zero attached hydrogens (tertiary/aromatic N) is 2. The molecule has 1 aliphatic heterocycles. The van der Waals surface area contributed by atoms with Gasteiger partial charge < -0.3 is 10.2 Å². The van der Waals surface area contributed by atoms with Crippen molar-refractivity contribution in [3.05, 3.63) is 53.7 Å². The molecule has 1 aromatic carbocycles. The van der Waals surface area contributed by atoms with Gasteiger partial charge in [-0.1, -0.05) is 12.1 Å². The highest BCUT2D eigenvalue weighted by molar-refractivity contribution is 7.89. The number of anilines is 1. The molecule has 0 spiro atoms. The highest BCUT2D eigenvalue weighted by Gasteiger charge is 2.20. The first-order valence-electron chi connectivity index (χ1n) is 8.55. The summed E-state index contributed by atoms with van der Waals surface area (Å²) >= 11 is 0. The second kappa shape index (κ2) is 7.84. The summed E-state index contributed by atoms with van der Waals surface area (Å²) in [7, 11) is -3.68. The summed E-state index contributed by atoms with van der Waals surface area (Å²) in [5.41, 5.74) is 1.50. The van der Waals surface area contributed by atoms with Crippen LogP contribution >= 0.6 is 0 Å². The van der Waals surface area contributed by atoms with Crippen LogP contribution in [-0.4, -0.2) is 38.9 Å². The maximum Gasteiger partial charge on any atom is 0.255 e. The molecule has 0 unspecified atom stereocenters. The SMILES string of the molecule is NS(=O)(=O)c1ccc(CCNC(=O)c2cccnc2N2CCCC2)cc1. The molecule has 1 aliphatic rings. The third-order valence-electron chi connectivity index (χ3n) is 4.39. The second-order valence-electron chi connectivity index (χ2n) is 6.26. The van der Waals surface area contributed by atoms with Crippen LogP contribution in [0.2, 0.25) is 0 Å². The van der Waals surface area contributed by atoms with Gasteiger partial charge in [0.1, 0.15) is 5.82 Å². The number of hydrogen-bond donors (Lipinski definition) is 2. The first-order chi connectivity index (χ1) is 12.4. The number of carbonyl (C=O) groups is 1. The molecule has 2 aromatic rings. The van der Waals surface area contributed by atoms with Crippen molar-refractivity contribution >= 4 is 21.7 Å². The number of hydrogen-bond acceptors (Lipinski definition) is 5. The Balaban J connectivity index is 1.59. The van der Waals surface area contributed by atoms with Gasteiger partial charge in [0.2, 0.25) is 10.0 Å². The summed E-state index contributed by atoms with van der Waals surface area (Å²) in [5, 5.41) is 7.99. The number of carbonyl (C=O) groups excluding carboxylic acids is 1. The second-order valence-corrected chi connectivity index (χ2v) is 7.83. The number of primary sulfonamides is 1. The van der Waals surface area contributed by atoms with Crippen molar-refractivity contribution in [3.63, 3.8) is 0 Å². The monoisotopic (exact) mass is 374 g/mol. The smallest absolute Gasteiger partial charge is 0.255 e. The van der Waals surface area contributed by atoms with Gasteiger partial charge in [-0.2, -0.15) is 0 Å². The molecular formula is C18H22N4O3S. The number of pyridine rings is 1. The molecule has 8 heteroatoms. The van der Waals surface area contributed by atoms with Crippen molar-refractivity contribution < 1.29 is 13.2 Å². The summed E-state index contributed by atoms with van der Waals surface area (Å²) in [6, 6.07) is 9.90. The molecule has 0 saturated carbocycles. The minimum Gasteiger partial charge on any atom is -0.356 e. The van der Waals surface area contributed by atoms with Crippen LogP contribution in [0, 0.1) is 0 Å². The standard InChI is InChI=1S/C18H22N4O3S/c19-26(24,25)15-7-5-14(6-8-15)9-11-21-18(23)16-4-3-10-20-17(16)22-12-1-2-13-22/h3-8,10H,1-2,9,11-13H2,(H,21,23)(H2,19,24,25). The number of nitrogens with two attached hydrogens (primary N) is 1. The molecule has 0 atom stereocenters. The first kappa shape index (κ1) is 18.3. The summed E-state index contributed by atoms with van der Waals surface area (Å²) in [4.78, 5) is 19.1. The molecule has 0 bridgehead atoms. The van der Waals surface area contributed by atoms with E-state index in [4.69, 9.17) is 5.14 Å². The lowest BCUT2D eigenvalue weighted by Crippen LogP contribution is -2.29. The molecule has 26 heavy (non-hydrogen) atoms. The van der Waals surface area contributed by atoms with E-state index < -0.39 is 10.0 Å². The van der Waals surface area contributed by atoms with E-state index in [1.54, 1.807) is 30.5 Å². The highest BCUT2D eigenvalue weighted by atomic mass is 32.2. The van der Waals surface area contributed by atoms with Gasteiger partial charge >= 0.3 is 0 Å². The molecule has 3 rings (SSSR count). The average molecular weight is 374 g/mol. The molecule has 1 aromatic heterocycles. The van der Waals surface area contributed by atoms with Crippen LogP contribution < -0.4 is 15.4 Å². The lowest BCUT2D eigenvalue weighted by molar-refractivity contribution is 0.0954. The maximum atomic E-state index is 12.5. The van der Waals surface area contributed by atoms with E-state index >= 15 is 0 Å². The summed E-state index contributed by atoms with van der Waals surface area (Å²) in [6.45, 7) is 2.29. The minimum absolute atomic E-state index is 0.0795. The van der Waals surface area contributed by atoms with Gasteiger partial charge in [0.05, 0.1) is 10.5 Å². The summed E-state index contributed by atoms with van der Waals surface area (Å²) in [5.74, 6) is 0.584. The van der Waals surface area contributed by atoms with Crippen molar-refractivity contribution in [1.29, 1.82) is 0 Å². The molecule has 1 fully saturated rings. The van der Waals surface area contributed by atoms with Crippen molar-refractivity contribution in [3.8, 4) is 0 Å². The van der Waals surface area contributed by atoms with Gasteiger partial charge in [-0.3, -0.25) is 4.79 Å². The molecule has 0 radical (unpaired) electrons. The quantitative estimate of drug-likeness (QED) is 0.793. The van der Waals surface area contributed by atoms with Gasteiger partial charge in [0.15, 0.2) is 0 Å². The van der Waals surface area contributed by atoms with Gasteiger partial charge in [0, 0.05) is 25.8 Å². The zero-order valence-electron chi connectivity index (χ0n) is 14.4. The van der Waals surface area contributed by atoms with Crippen molar-refractivity contribution in [1.82, 2.24) is 10.3 Å². The van der Waals surface area contributed by atoms with Crippen LogP contribution in [0.4, 0.5) is 5.82 Å². The van der Waals surface area contributed by atoms with Gasteiger partial charge in [-0.25, -0.2) is 18.5 Å². The third-order valence-corrected chi connectivity index (χ3v) is 5.32. The van der Waals surface area contributed by atoms with E-state index in [2.05, 4.69) is 15.2 Å². The van der Waals surface area contributed by atoms with Crippen LogP contribution in [0.3, 0.4) is 0 Å². The van der Waals surface area contributed by atoms with Crippen molar-refractivity contribution in [2.45, 2.75) is 24.2 Å². The topological polar surface area (TPSA) is 105 Å². The summed E-state index contributed by atoms with van der Waals surface area (Å²) in [6.07, 6.45) is 4.53. The van der Waals surface area contributed by atoms with E-state index in [0.29, 0.717) is 18.5 Å². The Morgan fingerprint density at radius 1 is 1.15 bits per heavy atom. The molecule has 7 nitrogen and oxygen atoms in total. The number of sulfonamides is 1. The minimum atomic E-state index is -3.68. The summed E-state index contributed by atoms with van der Waals surface area (Å²) < 4.78 is 22.5. The first-order valence-corrected chi connectivity index (χ1v) is 10.1. The van der Waals surface area contributed by atoms with Crippen LogP contribution in [0.1, 0.15) is 28.8 Å². The maximum absolute atomic E-state index is 12.5. The molecule has 3 N–H and O–H groups in total. The van der Waals surface area contributed by atoms with E-state index in [9.17, 15) is 13.2 Å². The van der Waals surface area contributed by atoms with E-state index in [1.807, 2.05) is 0 Å². The van der Waals surface area contributed by atoms with Crippen molar-refractivity contribution in [2.75, 3.05) is 24.5 Å². The molecule has 0 aliphatic carbocycles. The molecule has 1 saturated heterocycles. The van der Waals surface area contributed by atoms with Gasteiger partial charge in [-0.05, 0) is 49.1 Å². The Morgan fingerprint density at radius 3 is 2.50 bits per heavy atom. The van der Waals surface area contributed by atoms with E-state index in [-0.39, 0.29) is 10.8 Å². The molecular weight excluding hydrogens is 352 g/mol. The normalized spacial score (nSPS) is 14.4. The van der Waals surface area contributed by atoms with Gasteiger partial charge in [0.25, 0.3) is 5.91 Å². The fourth-order valence-electron chi connectivity index (χ4n) is 3.02. The Morgan fingerprint density at radius 2 is 1.85 bits per heavy atom. The Labute approximate surface area is 153 Å². The van der Waals surface area contributed by atoms with Crippen LogP contribution in [0.25, 0.3) is 0 Å². The Hall–Kier alpha value is -2.45. The van der Waals surface area contributed by atoms with E-state index in [0.717, 1.165) is 37.3 Å². The van der Waals surface area contributed by atoms with Crippen LogP contribution in [0.15, 0.2) is 47.5 Å². The van der Waals surface area contributed by atoms with Crippen molar-refractivity contribution in [2.24, 2.45) is 5.14 Å². The fraction of sp³-hybridized carbons (Fsp3) is 0.333. The number of amides is 1. The predicted molar refractivity (Wildman–Crippen MR) is 99.5 cm³/mol. The zero-order chi connectivity index (χ0) is 18.6. The third kappa shape index (κ3) is 4.39. The average Bonchev–Trinajstić information content (AvgIpc) is 3.16. The largest absolute Gasteiger partial charge is 0.356 e. The molecule has 138 valence electrons. The number of benzene rings is 1. The number of aromatic nitrogens is 1. The Bertz CT molecular complexity index is 876.